The Bertz CT molecular complexity index is 505. The second-order valence-electron chi connectivity index (χ2n) is 6.56. The first-order valence-electron chi connectivity index (χ1n) is 8.63. The minimum atomic E-state index is 0.533. The van der Waals surface area contributed by atoms with E-state index in [0.29, 0.717) is 17.9 Å². The van der Waals surface area contributed by atoms with Crippen LogP contribution in [0.4, 0.5) is 0 Å². The molecule has 1 heterocycles. The van der Waals surface area contributed by atoms with E-state index in [-0.39, 0.29) is 0 Å². The van der Waals surface area contributed by atoms with Crippen LogP contribution in [-0.2, 0) is 6.42 Å². The number of nitrogens with one attached hydrogen (secondary N) is 1. The van der Waals surface area contributed by atoms with Gasteiger partial charge < -0.3 is 15.6 Å². The van der Waals surface area contributed by atoms with Gasteiger partial charge in [-0.25, -0.2) is 0 Å². The smallest absolute Gasteiger partial charge is 0.191 e. The summed E-state index contributed by atoms with van der Waals surface area (Å²) in [5, 5.41) is 13.0. The molecule has 0 aromatic carbocycles. The Morgan fingerprint density at radius 1 is 1.39 bits per heavy atom. The Hall–Kier alpha value is -1.24. The van der Waals surface area contributed by atoms with Crippen LogP contribution in [0, 0.1) is 5.92 Å². The Labute approximate surface area is 143 Å². The SMILES string of the molecule is CSc1nnc(CCCNC(N)=NCC(C)C)n1C1CCCC1. The molecule has 1 fully saturated rings. The van der Waals surface area contributed by atoms with Crippen molar-refractivity contribution in [3.05, 3.63) is 5.82 Å². The minimum absolute atomic E-state index is 0.533. The van der Waals surface area contributed by atoms with Crippen LogP contribution in [0.1, 0.15) is 57.8 Å². The van der Waals surface area contributed by atoms with Crippen molar-refractivity contribution in [1.29, 1.82) is 0 Å². The van der Waals surface area contributed by atoms with Crippen LogP contribution >= 0.6 is 11.8 Å². The number of hydrogen-bond donors (Lipinski definition) is 2. The fraction of sp³-hybridized carbons (Fsp3) is 0.812. The van der Waals surface area contributed by atoms with Gasteiger partial charge in [0.05, 0.1) is 0 Å². The fourth-order valence-corrected chi connectivity index (χ4v) is 3.52. The number of aromatic nitrogens is 3. The van der Waals surface area contributed by atoms with Crippen molar-refractivity contribution in [2.75, 3.05) is 19.3 Å². The van der Waals surface area contributed by atoms with E-state index in [1.807, 2.05) is 0 Å². The molecule has 1 saturated carbocycles. The number of nitrogens with zero attached hydrogens (tertiary/aromatic N) is 4. The largest absolute Gasteiger partial charge is 0.370 e. The van der Waals surface area contributed by atoms with Crippen molar-refractivity contribution in [2.24, 2.45) is 16.6 Å². The average Bonchev–Trinajstić information content (AvgIpc) is 3.17. The van der Waals surface area contributed by atoms with Gasteiger partial charge in [0, 0.05) is 25.6 Å². The highest BCUT2D eigenvalue weighted by molar-refractivity contribution is 7.98. The number of aliphatic imine (C=N–C) groups is 1. The third kappa shape index (κ3) is 5.41. The summed E-state index contributed by atoms with van der Waals surface area (Å²) in [5.41, 5.74) is 5.86. The highest BCUT2D eigenvalue weighted by Crippen LogP contribution is 2.33. The number of guanidine groups is 1. The molecule has 0 radical (unpaired) electrons. The lowest BCUT2D eigenvalue weighted by atomic mass is 10.2. The zero-order chi connectivity index (χ0) is 16.7. The van der Waals surface area contributed by atoms with E-state index in [4.69, 9.17) is 5.73 Å². The first kappa shape index (κ1) is 18.1. The van der Waals surface area contributed by atoms with E-state index in [2.05, 4.69) is 45.2 Å². The zero-order valence-corrected chi connectivity index (χ0v) is 15.4. The number of thioether (sulfide) groups is 1. The van der Waals surface area contributed by atoms with Gasteiger partial charge in [0.15, 0.2) is 11.1 Å². The molecule has 1 aromatic heterocycles. The van der Waals surface area contributed by atoms with Crippen molar-refractivity contribution < 1.29 is 0 Å². The van der Waals surface area contributed by atoms with Gasteiger partial charge in [-0.05, 0) is 31.4 Å². The Balaban J connectivity index is 1.84. The van der Waals surface area contributed by atoms with Crippen molar-refractivity contribution in [2.45, 2.75) is 63.6 Å². The third-order valence-corrected chi connectivity index (χ3v) is 4.76. The van der Waals surface area contributed by atoms with Crippen LogP contribution < -0.4 is 11.1 Å². The minimum Gasteiger partial charge on any atom is -0.370 e. The first-order chi connectivity index (χ1) is 11.1. The number of nitrogens with two attached hydrogens (primary N) is 1. The molecule has 1 aliphatic carbocycles. The number of hydrogen-bond acceptors (Lipinski definition) is 4. The normalized spacial score (nSPS) is 16.4. The molecule has 0 saturated heterocycles. The van der Waals surface area contributed by atoms with Gasteiger partial charge in [-0.15, -0.1) is 10.2 Å². The maximum absolute atomic E-state index is 5.86. The zero-order valence-electron chi connectivity index (χ0n) is 14.6. The van der Waals surface area contributed by atoms with E-state index in [9.17, 15) is 0 Å². The molecule has 1 aromatic rings. The number of rotatable bonds is 8. The molecule has 7 heteroatoms. The predicted octanol–water partition coefficient (Wildman–Crippen LogP) is 2.61. The standard InChI is InChI=1S/C16H30N6S/c1-12(2)11-19-15(17)18-10-6-9-14-20-21-16(23-3)22(14)13-7-4-5-8-13/h12-13H,4-11H2,1-3H3,(H3,17,18,19). The van der Waals surface area contributed by atoms with Crippen LogP contribution in [0.15, 0.2) is 10.1 Å². The van der Waals surface area contributed by atoms with E-state index < -0.39 is 0 Å². The molecule has 1 aliphatic rings. The second-order valence-corrected chi connectivity index (χ2v) is 7.33. The van der Waals surface area contributed by atoms with Crippen molar-refractivity contribution in [3.8, 4) is 0 Å². The van der Waals surface area contributed by atoms with Crippen LogP contribution in [0.2, 0.25) is 0 Å². The van der Waals surface area contributed by atoms with Gasteiger partial charge >= 0.3 is 0 Å². The maximum Gasteiger partial charge on any atom is 0.191 e. The summed E-state index contributed by atoms with van der Waals surface area (Å²) in [5.74, 6) is 2.19. The molecule has 0 aliphatic heterocycles. The summed E-state index contributed by atoms with van der Waals surface area (Å²) in [6, 6.07) is 0.591. The summed E-state index contributed by atoms with van der Waals surface area (Å²) in [4.78, 5) is 4.31. The van der Waals surface area contributed by atoms with Gasteiger partial charge in [0.2, 0.25) is 0 Å². The lowest BCUT2D eigenvalue weighted by Crippen LogP contribution is -2.33. The summed E-state index contributed by atoms with van der Waals surface area (Å²) in [6.45, 7) is 5.86. The van der Waals surface area contributed by atoms with E-state index in [1.165, 1.54) is 25.7 Å². The molecule has 23 heavy (non-hydrogen) atoms. The van der Waals surface area contributed by atoms with Crippen LogP contribution in [-0.4, -0.2) is 40.1 Å². The average molecular weight is 339 g/mol. The van der Waals surface area contributed by atoms with Crippen molar-refractivity contribution in [1.82, 2.24) is 20.1 Å². The van der Waals surface area contributed by atoms with Gasteiger partial charge in [-0.1, -0.05) is 38.5 Å². The van der Waals surface area contributed by atoms with E-state index in [1.54, 1.807) is 11.8 Å². The van der Waals surface area contributed by atoms with Crippen molar-refractivity contribution >= 4 is 17.7 Å². The maximum atomic E-state index is 5.86. The molecule has 3 N–H and O–H groups in total. The lowest BCUT2D eigenvalue weighted by Gasteiger charge is -2.16. The predicted molar refractivity (Wildman–Crippen MR) is 97.0 cm³/mol. The van der Waals surface area contributed by atoms with Gasteiger partial charge in [-0.3, -0.25) is 4.99 Å². The summed E-state index contributed by atoms with van der Waals surface area (Å²) < 4.78 is 2.37. The monoisotopic (exact) mass is 338 g/mol. The Kier molecular flexibility index (Phi) is 7.20. The van der Waals surface area contributed by atoms with Gasteiger partial charge in [-0.2, -0.15) is 0 Å². The summed E-state index contributed by atoms with van der Waals surface area (Å²) in [7, 11) is 0. The summed E-state index contributed by atoms with van der Waals surface area (Å²) >= 11 is 1.69. The molecule has 0 atom stereocenters. The van der Waals surface area contributed by atoms with Crippen LogP contribution in [0.5, 0.6) is 0 Å². The van der Waals surface area contributed by atoms with Crippen molar-refractivity contribution in [3.63, 3.8) is 0 Å². The van der Waals surface area contributed by atoms with Gasteiger partial charge in [0.25, 0.3) is 0 Å². The molecule has 0 bridgehead atoms. The highest BCUT2D eigenvalue weighted by atomic mass is 32.2. The topological polar surface area (TPSA) is 81.1 Å². The third-order valence-electron chi connectivity index (χ3n) is 4.12. The van der Waals surface area contributed by atoms with Gasteiger partial charge in [0.1, 0.15) is 5.82 Å². The van der Waals surface area contributed by atoms with E-state index in [0.717, 1.165) is 36.9 Å². The van der Waals surface area contributed by atoms with Crippen LogP contribution in [0.3, 0.4) is 0 Å². The first-order valence-corrected chi connectivity index (χ1v) is 9.85. The molecule has 2 rings (SSSR count). The summed E-state index contributed by atoms with van der Waals surface area (Å²) in [6.07, 6.45) is 9.14. The second kappa shape index (κ2) is 9.15. The molecule has 130 valence electrons. The molecule has 0 spiro atoms. The fourth-order valence-electron chi connectivity index (χ4n) is 2.95. The molecular weight excluding hydrogens is 308 g/mol. The quantitative estimate of drug-likeness (QED) is 0.329. The van der Waals surface area contributed by atoms with E-state index >= 15 is 0 Å². The molecule has 0 amide bonds. The molecular formula is C16H30N6S. The Morgan fingerprint density at radius 3 is 2.78 bits per heavy atom. The highest BCUT2D eigenvalue weighted by Gasteiger charge is 2.23. The molecule has 6 nitrogen and oxygen atoms in total. The number of aryl methyl sites for hydroxylation is 1. The Morgan fingerprint density at radius 2 is 2.13 bits per heavy atom. The molecule has 0 unspecified atom stereocenters. The lowest BCUT2D eigenvalue weighted by molar-refractivity contribution is 0.460. The van der Waals surface area contributed by atoms with Crippen LogP contribution in [0.25, 0.3) is 0 Å².